The lowest BCUT2D eigenvalue weighted by atomic mass is 10.1. The molecule has 0 saturated carbocycles. The normalized spacial score (nSPS) is 18.2. The average Bonchev–Trinajstić information content (AvgIpc) is 2.38. The summed E-state index contributed by atoms with van der Waals surface area (Å²) in [4.78, 5) is 2.40. The van der Waals surface area contributed by atoms with E-state index in [1.54, 1.807) is 0 Å². The highest BCUT2D eigenvalue weighted by Gasteiger charge is 2.15. The van der Waals surface area contributed by atoms with E-state index in [2.05, 4.69) is 11.0 Å². The van der Waals surface area contributed by atoms with Crippen LogP contribution >= 0.6 is 0 Å². The van der Waals surface area contributed by atoms with Crippen molar-refractivity contribution in [3.05, 3.63) is 30.3 Å². The first kappa shape index (κ1) is 12.4. The molecule has 0 amide bonds. The van der Waals surface area contributed by atoms with Crippen molar-refractivity contribution in [2.24, 2.45) is 0 Å². The van der Waals surface area contributed by atoms with E-state index in [9.17, 15) is 5.11 Å². The molecule has 1 aliphatic rings. The van der Waals surface area contributed by atoms with Crippen LogP contribution in [0.4, 0.5) is 0 Å². The standard InChI is InChI=1S/C14H20NO2/c16-13-7-10-15(11-8-13)9-4-12-17-14-5-2-1-3-6-14/h1-2,5-6,13,16H,4,7-12H2. The van der Waals surface area contributed by atoms with Gasteiger partial charge in [0, 0.05) is 19.6 Å². The van der Waals surface area contributed by atoms with Crippen LogP contribution in [0.15, 0.2) is 24.3 Å². The molecule has 2 rings (SSSR count). The number of aliphatic hydroxyl groups is 1. The zero-order valence-electron chi connectivity index (χ0n) is 10.1. The fourth-order valence-corrected chi connectivity index (χ4v) is 2.09. The molecule has 1 N–H and O–H groups in total. The molecule has 1 aliphatic heterocycles. The van der Waals surface area contributed by atoms with Gasteiger partial charge in [0.1, 0.15) is 5.75 Å². The molecule has 93 valence electrons. The van der Waals surface area contributed by atoms with Gasteiger partial charge in [-0.1, -0.05) is 12.1 Å². The first-order valence-corrected chi connectivity index (χ1v) is 6.34. The highest BCUT2D eigenvalue weighted by Crippen LogP contribution is 2.11. The SMILES string of the molecule is OC1CCN(CCCOc2c[c]ccc2)CC1. The molecule has 0 aliphatic carbocycles. The maximum absolute atomic E-state index is 9.39. The molecule has 0 spiro atoms. The molecule has 3 heteroatoms. The summed E-state index contributed by atoms with van der Waals surface area (Å²) in [5.41, 5.74) is 0. The highest BCUT2D eigenvalue weighted by atomic mass is 16.5. The fraction of sp³-hybridized carbons (Fsp3) is 0.571. The van der Waals surface area contributed by atoms with Crippen molar-refractivity contribution >= 4 is 0 Å². The summed E-state index contributed by atoms with van der Waals surface area (Å²) in [6, 6.07) is 10.6. The van der Waals surface area contributed by atoms with Crippen molar-refractivity contribution in [2.45, 2.75) is 25.4 Å². The van der Waals surface area contributed by atoms with E-state index in [0.717, 1.165) is 51.3 Å². The largest absolute Gasteiger partial charge is 0.494 e. The Labute approximate surface area is 103 Å². The Bertz CT molecular complexity index is 307. The highest BCUT2D eigenvalue weighted by molar-refractivity contribution is 5.19. The lowest BCUT2D eigenvalue weighted by Crippen LogP contribution is -2.36. The summed E-state index contributed by atoms with van der Waals surface area (Å²) in [5, 5.41) is 9.39. The van der Waals surface area contributed by atoms with Gasteiger partial charge in [0.05, 0.1) is 12.7 Å². The van der Waals surface area contributed by atoms with Crippen molar-refractivity contribution in [1.29, 1.82) is 0 Å². The summed E-state index contributed by atoms with van der Waals surface area (Å²) < 4.78 is 5.61. The molecule has 1 saturated heterocycles. The Morgan fingerprint density at radius 3 is 2.94 bits per heavy atom. The van der Waals surface area contributed by atoms with Gasteiger partial charge in [0.2, 0.25) is 0 Å². The van der Waals surface area contributed by atoms with Crippen LogP contribution in [0.3, 0.4) is 0 Å². The van der Waals surface area contributed by atoms with Crippen LogP contribution in [-0.2, 0) is 0 Å². The van der Waals surface area contributed by atoms with Gasteiger partial charge in [-0.25, -0.2) is 0 Å². The van der Waals surface area contributed by atoms with E-state index < -0.39 is 0 Å². The minimum atomic E-state index is -0.0812. The third-order valence-corrected chi connectivity index (χ3v) is 3.12. The lowest BCUT2D eigenvalue weighted by molar-refractivity contribution is 0.0800. The van der Waals surface area contributed by atoms with Crippen LogP contribution in [0, 0.1) is 6.07 Å². The van der Waals surface area contributed by atoms with E-state index in [4.69, 9.17) is 4.74 Å². The van der Waals surface area contributed by atoms with Crippen molar-refractivity contribution in [1.82, 2.24) is 4.90 Å². The van der Waals surface area contributed by atoms with Crippen molar-refractivity contribution in [3.63, 3.8) is 0 Å². The number of hydrogen-bond donors (Lipinski definition) is 1. The summed E-state index contributed by atoms with van der Waals surface area (Å²) in [6.07, 6.45) is 2.77. The van der Waals surface area contributed by atoms with Crippen LogP contribution in [0.5, 0.6) is 5.75 Å². The van der Waals surface area contributed by atoms with E-state index >= 15 is 0 Å². The molecule has 3 nitrogen and oxygen atoms in total. The molecule has 1 aromatic carbocycles. The van der Waals surface area contributed by atoms with E-state index in [1.165, 1.54) is 0 Å². The molecule has 1 fully saturated rings. The molecular formula is C14H20NO2. The Balaban J connectivity index is 1.57. The quantitative estimate of drug-likeness (QED) is 0.787. The Morgan fingerprint density at radius 1 is 1.41 bits per heavy atom. The van der Waals surface area contributed by atoms with Gasteiger partial charge in [0.15, 0.2) is 0 Å². The first-order chi connectivity index (χ1) is 8.34. The number of aliphatic hydroxyl groups excluding tert-OH is 1. The number of nitrogens with zero attached hydrogens (tertiary/aromatic N) is 1. The van der Waals surface area contributed by atoms with Crippen LogP contribution in [0.2, 0.25) is 0 Å². The summed E-state index contributed by atoms with van der Waals surface area (Å²) in [7, 11) is 0. The Morgan fingerprint density at radius 2 is 2.24 bits per heavy atom. The molecule has 0 bridgehead atoms. The molecular weight excluding hydrogens is 214 g/mol. The minimum absolute atomic E-state index is 0.0812. The van der Waals surface area contributed by atoms with Crippen molar-refractivity contribution < 1.29 is 9.84 Å². The second-order valence-electron chi connectivity index (χ2n) is 4.51. The fourth-order valence-electron chi connectivity index (χ4n) is 2.09. The van der Waals surface area contributed by atoms with Crippen molar-refractivity contribution in [3.8, 4) is 5.75 Å². The molecule has 1 radical (unpaired) electrons. The first-order valence-electron chi connectivity index (χ1n) is 6.34. The molecule has 1 aromatic rings. The van der Waals surface area contributed by atoms with Gasteiger partial charge in [-0.05, 0) is 37.5 Å². The topological polar surface area (TPSA) is 32.7 Å². The number of ether oxygens (including phenoxy) is 1. The van der Waals surface area contributed by atoms with Crippen LogP contribution in [0.1, 0.15) is 19.3 Å². The molecule has 0 unspecified atom stereocenters. The van der Waals surface area contributed by atoms with E-state index in [1.807, 2.05) is 24.3 Å². The van der Waals surface area contributed by atoms with Crippen LogP contribution in [0.25, 0.3) is 0 Å². The second kappa shape index (κ2) is 6.62. The monoisotopic (exact) mass is 234 g/mol. The van der Waals surface area contributed by atoms with Gasteiger partial charge in [-0.3, -0.25) is 0 Å². The van der Waals surface area contributed by atoms with Crippen LogP contribution in [-0.4, -0.2) is 42.4 Å². The number of piperidine rings is 1. The second-order valence-corrected chi connectivity index (χ2v) is 4.51. The third-order valence-electron chi connectivity index (χ3n) is 3.12. The number of likely N-dealkylation sites (tertiary alicyclic amines) is 1. The average molecular weight is 234 g/mol. The predicted molar refractivity (Wildman–Crippen MR) is 67.1 cm³/mol. The summed E-state index contributed by atoms with van der Waals surface area (Å²) in [6.45, 7) is 3.83. The maximum Gasteiger partial charge on any atom is 0.119 e. The van der Waals surface area contributed by atoms with Gasteiger partial charge in [-0.2, -0.15) is 0 Å². The van der Waals surface area contributed by atoms with E-state index in [-0.39, 0.29) is 6.10 Å². The Kier molecular flexibility index (Phi) is 4.83. The number of benzene rings is 1. The van der Waals surface area contributed by atoms with Gasteiger partial charge in [-0.15, -0.1) is 0 Å². The molecule has 0 aromatic heterocycles. The molecule has 17 heavy (non-hydrogen) atoms. The Hall–Kier alpha value is -1.06. The van der Waals surface area contributed by atoms with Crippen molar-refractivity contribution in [2.75, 3.05) is 26.2 Å². The zero-order chi connectivity index (χ0) is 11.9. The number of hydrogen-bond acceptors (Lipinski definition) is 3. The zero-order valence-corrected chi connectivity index (χ0v) is 10.1. The predicted octanol–water partition coefficient (Wildman–Crippen LogP) is 1.71. The molecule has 0 atom stereocenters. The van der Waals surface area contributed by atoms with E-state index in [0.29, 0.717) is 0 Å². The third kappa shape index (κ3) is 4.36. The van der Waals surface area contributed by atoms with Gasteiger partial charge < -0.3 is 14.7 Å². The summed E-state index contributed by atoms with van der Waals surface area (Å²) in [5.74, 6) is 0.890. The van der Waals surface area contributed by atoms with Gasteiger partial charge >= 0.3 is 0 Å². The number of rotatable bonds is 5. The smallest absolute Gasteiger partial charge is 0.119 e. The summed E-state index contributed by atoms with van der Waals surface area (Å²) >= 11 is 0. The lowest BCUT2D eigenvalue weighted by Gasteiger charge is -2.29. The minimum Gasteiger partial charge on any atom is -0.494 e. The maximum atomic E-state index is 9.39. The van der Waals surface area contributed by atoms with Gasteiger partial charge in [0.25, 0.3) is 0 Å². The van der Waals surface area contributed by atoms with Crippen LogP contribution < -0.4 is 4.74 Å². The molecule has 1 heterocycles.